The third-order valence-corrected chi connectivity index (χ3v) is 3.40. The maximum Gasteiger partial charge on any atom is 0.407 e. The monoisotopic (exact) mass is 286 g/mol. The van der Waals surface area contributed by atoms with E-state index in [0.29, 0.717) is 12.5 Å². The molecule has 3 N–H and O–H groups in total. The summed E-state index contributed by atoms with van der Waals surface area (Å²) in [5, 5.41) is 13.8. The van der Waals surface area contributed by atoms with Crippen LogP contribution in [0.5, 0.6) is 0 Å². The van der Waals surface area contributed by atoms with E-state index in [9.17, 15) is 9.59 Å². The Morgan fingerprint density at radius 2 is 1.80 bits per heavy atom. The minimum Gasteiger partial charge on any atom is -0.465 e. The molecule has 0 unspecified atom stereocenters. The maximum absolute atomic E-state index is 11.6. The molecule has 116 valence electrons. The fourth-order valence-corrected chi connectivity index (χ4v) is 2.45. The smallest absolute Gasteiger partial charge is 0.407 e. The normalized spacial score (nSPS) is 22.9. The number of carboxylic acid groups (broad SMARTS) is 1. The van der Waals surface area contributed by atoms with Crippen molar-refractivity contribution in [1.29, 1.82) is 0 Å². The van der Waals surface area contributed by atoms with Crippen molar-refractivity contribution in [2.24, 2.45) is 5.92 Å². The van der Waals surface area contributed by atoms with Crippen LogP contribution >= 0.6 is 0 Å². The number of hydrogen-bond donors (Lipinski definition) is 3. The molecule has 0 radical (unpaired) electrons. The zero-order valence-corrected chi connectivity index (χ0v) is 12.6. The van der Waals surface area contributed by atoms with E-state index in [1.165, 1.54) is 0 Å². The molecule has 0 aromatic carbocycles. The van der Waals surface area contributed by atoms with Crippen molar-refractivity contribution in [2.45, 2.75) is 64.5 Å². The summed E-state index contributed by atoms with van der Waals surface area (Å²) in [7, 11) is 0. The second kappa shape index (κ2) is 7.36. The number of hydrogen-bond acceptors (Lipinski definition) is 3. The first kappa shape index (κ1) is 16.6. The van der Waals surface area contributed by atoms with Crippen molar-refractivity contribution in [3.63, 3.8) is 0 Å². The highest BCUT2D eigenvalue weighted by Crippen LogP contribution is 2.26. The lowest BCUT2D eigenvalue weighted by Crippen LogP contribution is -2.41. The van der Waals surface area contributed by atoms with Crippen LogP contribution < -0.4 is 10.6 Å². The van der Waals surface area contributed by atoms with Crippen LogP contribution in [0.15, 0.2) is 0 Å². The van der Waals surface area contributed by atoms with E-state index in [4.69, 9.17) is 9.84 Å². The van der Waals surface area contributed by atoms with Crippen molar-refractivity contribution in [3.8, 4) is 0 Å². The summed E-state index contributed by atoms with van der Waals surface area (Å²) in [5.74, 6) is 0.540. The molecule has 1 aliphatic carbocycles. The summed E-state index contributed by atoms with van der Waals surface area (Å²) in [4.78, 5) is 22.0. The third kappa shape index (κ3) is 7.21. The zero-order valence-electron chi connectivity index (χ0n) is 12.6. The van der Waals surface area contributed by atoms with Crippen LogP contribution in [-0.2, 0) is 4.74 Å². The Morgan fingerprint density at radius 3 is 2.30 bits per heavy atom. The number of rotatable bonds is 4. The van der Waals surface area contributed by atoms with Crippen LogP contribution in [0.2, 0.25) is 0 Å². The van der Waals surface area contributed by atoms with Gasteiger partial charge in [0, 0.05) is 12.6 Å². The van der Waals surface area contributed by atoms with Gasteiger partial charge < -0.3 is 20.5 Å². The highest BCUT2D eigenvalue weighted by molar-refractivity contribution is 5.68. The molecule has 1 fully saturated rings. The second-order valence-corrected chi connectivity index (χ2v) is 6.38. The highest BCUT2D eigenvalue weighted by atomic mass is 16.6. The van der Waals surface area contributed by atoms with Crippen molar-refractivity contribution in [2.75, 3.05) is 6.54 Å². The Morgan fingerprint density at radius 1 is 1.20 bits per heavy atom. The Labute approximate surface area is 120 Å². The van der Waals surface area contributed by atoms with E-state index < -0.39 is 11.7 Å². The maximum atomic E-state index is 11.6. The predicted molar refractivity (Wildman–Crippen MR) is 75.8 cm³/mol. The predicted octanol–water partition coefficient (Wildman–Crippen LogP) is 2.73. The fraction of sp³-hybridized carbons (Fsp3) is 0.857. The van der Waals surface area contributed by atoms with Crippen molar-refractivity contribution in [1.82, 2.24) is 10.6 Å². The van der Waals surface area contributed by atoms with Crippen LogP contribution in [0.1, 0.15) is 52.9 Å². The Hall–Kier alpha value is -1.46. The van der Waals surface area contributed by atoms with E-state index in [2.05, 4.69) is 10.6 Å². The molecule has 0 spiro atoms. The molecule has 6 heteroatoms. The van der Waals surface area contributed by atoms with Gasteiger partial charge in [-0.25, -0.2) is 9.59 Å². The quantitative estimate of drug-likeness (QED) is 0.741. The largest absolute Gasteiger partial charge is 0.465 e. The molecule has 0 aliphatic heterocycles. The molecule has 20 heavy (non-hydrogen) atoms. The van der Waals surface area contributed by atoms with Crippen LogP contribution in [0, 0.1) is 5.92 Å². The van der Waals surface area contributed by atoms with Gasteiger partial charge in [-0.15, -0.1) is 0 Å². The zero-order chi connectivity index (χ0) is 15.2. The van der Waals surface area contributed by atoms with Gasteiger partial charge in [-0.05, 0) is 58.8 Å². The van der Waals surface area contributed by atoms with Crippen LogP contribution in [0.25, 0.3) is 0 Å². The lowest BCUT2D eigenvalue weighted by Gasteiger charge is -2.30. The van der Waals surface area contributed by atoms with Crippen LogP contribution in [0.3, 0.4) is 0 Å². The lowest BCUT2D eigenvalue weighted by atomic mass is 9.84. The average molecular weight is 286 g/mol. The first-order chi connectivity index (χ1) is 9.26. The summed E-state index contributed by atoms with van der Waals surface area (Å²) in [6, 6.07) is 0.175. The summed E-state index contributed by atoms with van der Waals surface area (Å²) in [6.45, 7) is 6.04. The lowest BCUT2D eigenvalue weighted by molar-refractivity contribution is 0.0486. The summed E-state index contributed by atoms with van der Waals surface area (Å²) in [6.07, 6.45) is 3.43. The van der Waals surface area contributed by atoms with E-state index in [1.807, 2.05) is 20.8 Å². The summed E-state index contributed by atoms with van der Waals surface area (Å²) < 4.78 is 5.23. The molecule has 6 nitrogen and oxygen atoms in total. The van der Waals surface area contributed by atoms with Gasteiger partial charge in [0.05, 0.1) is 0 Å². The van der Waals surface area contributed by atoms with Crippen LogP contribution in [0.4, 0.5) is 9.59 Å². The number of carbonyl (C=O) groups is 2. The van der Waals surface area contributed by atoms with E-state index in [0.717, 1.165) is 32.1 Å². The molecule has 0 saturated heterocycles. The van der Waals surface area contributed by atoms with Gasteiger partial charge in [0.2, 0.25) is 0 Å². The third-order valence-electron chi connectivity index (χ3n) is 3.40. The van der Waals surface area contributed by atoms with Gasteiger partial charge in [0.15, 0.2) is 0 Å². The molecule has 0 aromatic rings. The number of ether oxygens (including phenoxy) is 1. The SMILES string of the molecule is CC(C)(C)OC(=O)N[C@H]1CC[C@H](CCNC(=O)O)CC1. The van der Waals surface area contributed by atoms with Crippen molar-refractivity contribution >= 4 is 12.2 Å². The van der Waals surface area contributed by atoms with Gasteiger partial charge >= 0.3 is 12.2 Å². The molecule has 2 amide bonds. The van der Waals surface area contributed by atoms with Gasteiger partial charge in [0.25, 0.3) is 0 Å². The fourth-order valence-electron chi connectivity index (χ4n) is 2.45. The molecule has 0 atom stereocenters. The molecule has 1 saturated carbocycles. The molecule has 1 aliphatic rings. The summed E-state index contributed by atoms with van der Waals surface area (Å²) in [5.41, 5.74) is -0.468. The van der Waals surface area contributed by atoms with Gasteiger partial charge in [-0.3, -0.25) is 0 Å². The number of nitrogens with one attached hydrogen (secondary N) is 2. The molecular formula is C14H26N2O4. The Balaban J connectivity index is 2.18. The number of amides is 2. The standard InChI is InChI=1S/C14H26N2O4/c1-14(2,3)20-13(19)16-11-6-4-10(5-7-11)8-9-15-12(17)18/h10-11,15H,4-9H2,1-3H3,(H,16,19)(H,17,18)/t10-,11-. The average Bonchev–Trinajstić information content (AvgIpc) is 2.28. The molecule has 0 bridgehead atoms. The topological polar surface area (TPSA) is 87.7 Å². The van der Waals surface area contributed by atoms with Crippen LogP contribution in [-0.4, -0.2) is 35.5 Å². The van der Waals surface area contributed by atoms with Gasteiger partial charge in [-0.2, -0.15) is 0 Å². The van der Waals surface area contributed by atoms with Gasteiger partial charge in [0.1, 0.15) is 5.60 Å². The molecule has 0 heterocycles. The van der Waals surface area contributed by atoms with Gasteiger partial charge in [-0.1, -0.05) is 0 Å². The molecular weight excluding hydrogens is 260 g/mol. The molecule has 0 aromatic heterocycles. The first-order valence-electron chi connectivity index (χ1n) is 7.22. The second-order valence-electron chi connectivity index (χ2n) is 6.38. The minimum atomic E-state index is -0.967. The Kier molecular flexibility index (Phi) is 6.10. The highest BCUT2D eigenvalue weighted by Gasteiger charge is 2.24. The number of alkyl carbamates (subject to hydrolysis) is 1. The van der Waals surface area contributed by atoms with E-state index in [1.54, 1.807) is 0 Å². The van der Waals surface area contributed by atoms with E-state index >= 15 is 0 Å². The number of carbonyl (C=O) groups excluding carboxylic acids is 1. The minimum absolute atomic E-state index is 0.175. The first-order valence-corrected chi connectivity index (χ1v) is 7.22. The molecule has 1 rings (SSSR count). The van der Waals surface area contributed by atoms with Crippen molar-refractivity contribution in [3.05, 3.63) is 0 Å². The van der Waals surface area contributed by atoms with E-state index in [-0.39, 0.29) is 12.1 Å². The van der Waals surface area contributed by atoms with Crippen molar-refractivity contribution < 1.29 is 19.4 Å². The Bertz CT molecular complexity index is 331. The summed E-state index contributed by atoms with van der Waals surface area (Å²) >= 11 is 0.